The van der Waals surface area contributed by atoms with E-state index < -0.39 is 77.2 Å². The number of rotatable bonds is 18. The van der Waals surface area contributed by atoms with Crippen molar-refractivity contribution in [2.75, 3.05) is 19.4 Å². The number of amides is 5. The minimum atomic E-state index is -1.44. The monoisotopic (exact) mass is 846 g/mol. The first-order valence-electron chi connectivity index (χ1n) is 20.1. The Balaban J connectivity index is 2.00. The van der Waals surface area contributed by atoms with Crippen LogP contribution >= 0.6 is 0 Å². The number of likely N-dealkylation sites (N-methyl/N-ethyl adjacent to an activating group) is 2. The molecular formula is C45H62N6O10. The first-order valence-corrected chi connectivity index (χ1v) is 20.1. The number of nitrogens with zero attached hydrogens (tertiary/aromatic N) is 3. The summed E-state index contributed by atoms with van der Waals surface area (Å²) in [6.45, 7) is 15.5. The number of aliphatic carboxylic acids is 2. The van der Waals surface area contributed by atoms with Gasteiger partial charge in [-0.15, -0.1) is 0 Å². The zero-order valence-electron chi connectivity index (χ0n) is 37.3. The van der Waals surface area contributed by atoms with Crippen molar-refractivity contribution in [2.24, 2.45) is 18.4 Å². The molecule has 5 N–H and O–H groups in total. The van der Waals surface area contributed by atoms with Gasteiger partial charge in [-0.3, -0.25) is 28.9 Å². The molecule has 4 atom stereocenters. The van der Waals surface area contributed by atoms with Crippen molar-refractivity contribution in [3.63, 3.8) is 0 Å². The standard InChI is InChI=1S/C45H62N6O10/c1-26(2)35(23-27(3)39(55)47-33(42(58)59)21-22-36(53)54)50(11)41(57)37(44(5,6)7)48-40(56)38(45(8,9)32-24-49(10)34-16-14-13-15-31(32)34)51(12)43(60)61-25-29-17-19-30(20-18-29)46-28(4)52/h13-20,23-24,26,33,35,37-38H,21-22,25H2,1-12H3,(H,46,52)(H,47,55)(H,48,56)(H,53,54)(H,58,59)/b27-23+/t33-,35-,37-,38-/m1/s1. The number of hydrogen-bond donors (Lipinski definition) is 5. The maximum Gasteiger partial charge on any atom is 0.410 e. The van der Waals surface area contributed by atoms with Crippen molar-refractivity contribution in [1.82, 2.24) is 25.0 Å². The van der Waals surface area contributed by atoms with E-state index in [4.69, 9.17) is 9.84 Å². The number of carbonyl (C=O) groups is 7. The maximum absolute atomic E-state index is 14.9. The molecule has 0 unspecified atom stereocenters. The Hall–Kier alpha value is -6.19. The van der Waals surface area contributed by atoms with Gasteiger partial charge in [0, 0.05) is 68.3 Å². The van der Waals surface area contributed by atoms with Gasteiger partial charge in [-0.25, -0.2) is 9.59 Å². The number of carboxylic acids is 2. The fraction of sp³-hybridized carbons (Fsp3) is 0.489. The SMILES string of the molecule is CC(=O)Nc1ccc(COC(=O)N(C)[C@H](C(=O)N[C@H](C(=O)N(C)[C@H](/C=C(\C)C(=O)N[C@H](CCC(=O)O)C(=O)O)C(C)C)C(C)(C)C)C(C)(C)c2cn(C)c3ccccc23)cc1. The normalized spacial score (nSPS) is 14.0. The molecule has 0 aliphatic carbocycles. The van der Waals surface area contributed by atoms with Crippen LogP contribution in [0.1, 0.15) is 86.3 Å². The average molecular weight is 847 g/mol. The van der Waals surface area contributed by atoms with Crippen LogP contribution in [-0.4, -0.2) is 105 Å². The van der Waals surface area contributed by atoms with Crippen LogP contribution in [0, 0.1) is 11.3 Å². The molecule has 0 aliphatic rings. The molecule has 0 saturated carbocycles. The van der Waals surface area contributed by atoms with E-state index in [-0.39, 0.29) is 30.4 Å². The third-order valence-electron chi connectivity index (χ3n) is 10.7. The summed E-state index contributed by atoms with van der Waals surface area (Å²) in [7, 11) is 4.92. The van der Waals surface area contributed by atoms with Crippen LogP contribution in [0.5, 0.6) is 0 Å². The van der Waals surface area contributed by atoms with E-state index in [2.05, 4.69) is 16.0 Å². The second-order valence-corrected chi connectivity index (χ2v) is 17.5. The molecule has 1 heterocycles. The van der Waals surface area contributed by atoms with E-state index in [1.54, 1.807) is 58.2 Å². The summed E-state index contributed by atoms with van der Waals surface area (Å²) in [4.78, 5) is 93.6. The van der Waals surface area contributed by atoms with Crippen molar-refractivity contribution in [1.29, 1.82) is 0 Å². The lowest BCUT2D eigenvalue weighted by Gasteiger charge is -2.42. The highest BCUT2D eigenvalue weighted by Gasteiger charge is 2.46. The fourth-order valence-electron chi connectivity index (χ4n) is 7.33. The van der Waals surface area contributed by atoms with Crippen LogP contribution in [0.15, 0.2) is 66.4 Å². The van der Waals surface area contributed by atoms with Crippen LogP contribution in [0.25, 0.3) is 10.9 Å². The van der Waals surface area contributed by atoms with Gasteiger partial charge in [0.1, 0.15) is 24.7 Å². The number of carboxylic acid groups (broad SMARTS) is 2. The summed E-state index contributed by atoms with van der Waals surface area (Å²) < 4.78 is 7.69. The number of aryl methyl sites for hydroxylation is 1. The van der Waals surface area contributed by atoms with Gasteiger partial charge in [0.25, 0.3) is 0 Å². The average Bonchev–Trinajstić information content (AvgIpc) is 3.52. The second-order valence-electron chi connectivity index (χ2n) is 17.5. The number of carbonyl (C=O) groups excluding carboxylic acids is 5. The van der Waals surface area contributed by atoms with Gasteiger partial charge >= 0.3 is 18.0 Å². The van der Waals surface area contributed by atoms with Gasteiger partial charge in [0.15, 0.2) is 0 Å². The lowest BCUT2D eigenvalue weighted by Crippen LogP contribution is -2.63. The van der Waals surface area contributed by atoms with Gasteiger partial charge < -0.3 is 40.4 Å². The number of ether oxygens (including phenoxy) is 1. The number of nitrogens with one attached hydrogen (secondary N) is 3. The summed E-state index contributed by atoms with van der Waals surface area (Å²) in [5.74, 6) is -4.90. The van der Waals surface area contributed by atoms with Gasteiger partial charge in [-0.05, 0) is 54.0 Å². The van der Waals surface area contributed by atoms with E-state index in [0.29, 0.717) is 11.3 Å². The minimum absolute atomic E-state index is 0.108. The van der Waals surface area contributed by atoms with Crippen LogP contribution in [-0.2, 0) is 52.6 Å². The van der Waals surface area contributed by atoms with Crippen molar-refractivity contribution in [2.45, 2.75) is 111 Å². The third-order valence-corrected chi connectivity index (χ3v) is 10.7. The number of anilines is 1. The lowest BCUT2D eigenvalue weighted by atomic mass is 9.76. The van der Waals surface area contributed by atoms with E-state index in [9.17, 15) is 38.7 Å². The van der Waals surface area contributed by atoms with Gasteiger partial charge in [0.2, 0.25) is 23.6 Å². The van der Waals surface area contributed by atoms with E-state index >= 15 is 0 Å². The molecule has 3 rings (SSSR count). The predicted octanol–water partition coefficient (Wildman–Crippen LogP) is 5.45. The van der Waals surface area contributed by atoms with Crippen LogP contribution < -0.4 is 16.0 Å². The number of fused-ring (bicyclic) bond motifs is 1. The maximum atomic E-state index is 14.9. The number of aromatic nitrogens is 1. The molecular weight excluding hydrogens is 785 g/mol. The summed E-state index contributed by atoms with van der Waals surface area (Å²) in [5, 5.41) is 27.5. The number of para-hydroxylation sites is 1. The molecule has 0 aliphatic heterocycles. The smallest absolute Gasteiger partial charge is 0.410 e. The van der Waals surface area contributed by atoms with Crippen molar-refractivity contribution in [3.05, 3.63) is 77.5 Å². The molecule has 16 nitrogen and oxygen atoms in total. The molecule has 5 amide bonds. The molecule has 0 spiro atoms. The van der Waals surface area contributed by atoms with E-state index in [0.717, 1.165) is 16.5 Å². The summed E-state index contributed by atoms with van der Waals surface area (Å²) in [5.41, 5.74) is 1.09. The predicted molar refractivity (Wildman–Crippen MR) is 231 cm³/mol. The van der Waals surface area contributed by atoms with Crippen molar-refractivity contribution < 1.29 is 48.5 Å². The molecule has 0 radical (unpaired) electrons. The Kier molecular flexibility index (Phi) is 16.4. The molecule has 0 fully saturated rings. The Labute approximate surface area is 357 Å². The number of hydrogen-bond acceptors (Lipinski definition) is 8. The Bertz CT molecular complexity index is 2130. The highest BCUT2D eigenvalue weighted by Crippen LogP contribution is 2.37. The minimum Gasteiger partial charge on any atom is -0.481 e. The number of benzene rings is 2. The largest absolute Gasteiger partial charge is 0.481 e. The molecule has 0 saturated heterocycles. The first-order chi connectivity index (χ1) is 28.3. The zero-order chi connectivity index (χ0) is 46.1. The van der Waals surface area contributed by atoms with Gasteiger partial charge in [-0.1, -0.05) is 84.9 Å². The third kappa shape index (κ3) is 12.7. The fourth-order valence-corrected chi connectivity index (χ4v) is 7.33. The van der Waals surface area contributed by atoms with Gasteiger partial charge in [-0.2, -0.15) is 0 Å². The van der Waals surface area contributed by atoms with Crippen LogP contribution in [0.2, 0.25) is 0 Å². The molecule has 16 heteroatoms. The summed E-state index contributed by atoms with van der Waals surface area (Å²) >= 11 is 0. The molecule has 61 heavy (non-hydrogen) atoms. The summed E-state index contributed by atoms with van der Waals surface area (Å²) in [6.07, 6.45) is 1.90. The molecule has 332 valence electrons. The van der Waals surface area contributed by atoms with Crippen LogP contribution in [0.4, 0.5) is 10.5 Å². The molecule has 1 aromatic heterocycles. The lowest BCUT2D eigenvalue weighted by molar-refractivity contribution is -0.142. The van der Waals surface area contributed by atoms with E-state index in [1.807, 2.05) is 69.8 Å². The topological polar surface area (TPSA) is 217 Å². The molecule has 3 aromatic rings. The van der Waals surface area contributed by atoms with Crippen molar-refractivity contribution in [3.8, 4) is 0 Å². The summed E-state index contributed by atoms with van der Waals surface area (Å²) in [6, 6.07) is 10.0. The quantitative estimate of drug-likeness (QED) is 0.102. The van der Waals surface area contributed by atoms with Gasteiger partial charge in [0.05, 0.1) is 6.04 Å². The van der Waals surface area contributed by atoms with Crippen molar-refractivity contribution >= 4 is 58.3 Å². The first kappa shape index (κ1) is 49.2. The Morgan fingerprint density at radius 1 is 0.869 bits per heavy atom. The highest BCUT2D eigenvalue weighted by molar-refractivity contribution is 5.96. The Morgan fingerprint density at radius 2 is 1.48 bits per heavy atom. The highest BCUT2D eigenvalue weighted by atomic mass is 16.6. The molecule has 0 bridgehead atoms. The second kappa shape index (κ2) is 20.4. The zero-order valence-corrected chi connectivity index (χ0v) is 37.3. The van der Waals surface area contributed by atoms with E-state index in [1.165, 1.54) is 30.7 Å². The molecule has 2 aromatic carbocycles. The van der Waals surface area contributed by atoms with Crippen LogP contribution in [0.3, 0.4) is 0 Å². The Morgan fingerprint density at radius 3 is 2.02 bits per heavy atom.